The second kappa shape index (κ2) is 7.84. The molecule has 0 radical (unpaired) electrons. The summed E-state index contributed by atoms with van der Waals surface area (Å²) in [6.45, 7) is 4.64. The number of rotatable bonds is 6. The maximum absolute atomic E-state index is 12.7. The van der Waals surface area contributed by atoms with Crippen molar-refractivity contribution in [3.63, 3.8) is 0 Å². The largest absolute Gasteiger partial charge is 0.497 e. The number of likely N-dealkylation sites (N-methyl/N-ethyl adjacent to an activating group) is 1. The highest BCUT2D eigenvalue weighted by molar-refractivity contribution is 5.99. The van der Waals surface area contributed by atoms with Crippen molar-refractivity contribution < 1.29 is 9.53 Å². The van der Waals surface area contributed by atoms with Crippen LogP contribution >= 0.6 is 0 Å². The van der Waals surface area contributed by atoms with Crippen LogP contribution in [-0.2, 0) is 0 Å². The van der Waals surface area contributed by atoms with Gasteiger partial charge in [-0.05, 0) is 68.9 Å². The van der Waals surface area contributed by atoms with Gasteiger partial charge in [-0.25, -0.2) is 0 Å². The van der Waals surface area contributed by atoms with Gasteiger partial charge in [-0.1, -0.05) is 18.2 Å². The first kappa shape index (κ1) is 19.0. The number of carbonyl (C=O) groups excluding carboxylic acids is 1. The zero-order chi connectivity index (χ0) is 19.6. The Morgan fingerprint density at radius 2 is 1.85 bits per heavy atom. The Kier molecular flexibility index (Phi) is 5.51. The van der Waals surface area contributed by atoms with Crippen LogP contribution in [0, 0.1) is 13.8 Å². The van der Waals surface area contributed by atoms with Gasteiger partial charge in [0.15, 0.2) is 0 Å². The van der Waals surface area contributed by atoms with Gasteiger partial charge in [0, 0.05) is 17.4 Å². The molecule has 0 fully saturated rings. The highest BCUT2D eigenvalue weighted by Crippen LogP contribution is 2.23. The third kappa shape index (κ3) is 4.14. The van der Waals surface area contributed by atoms with Crippen molar-refractivity contribution in [2.24, 2.45) is 0 Å². The van der Waals surface area contributed by atoms with Crippen LogP contribution in [-0.4, -0.2) is 43.5 Å². The molecule has 0 saturated heterocycles. The summed E-state index contributed by atoms with van der Waals surface area (Å²) in [6.07, 6.45) is 0. The molecule has 0 aliphatic heterocycles. The van der Waals surface area contributed by atoms with Gasteiger partial charge < -0.3 is 19.9 Å². The highest BCUT2D eigenvalue weighted by Gasteiger charge is 2.17. The fourth-order valence-electron chi connectivity index (χ4n) is 3.43. The second-order valence-electron chi connectivity index (χ2n) is 7.19. The fourth-order valence-corrected chi connectivity index (χ4v) is 3.43. The van der Waals surface area contributed by atoms with Crippen LogP contribution in [0.5, 0.6) is 5.75 Å². The van der Waals surface area contributed by atoms with Crippen molar-refractivity contribution in [2.75, 3.05) is 27.7 Å². The molecule has 0 bridgehead atoms. The molecule has 0 aliphatic carbocycles. The molecule has 0 aliphatic rings. The SMILES string of the molecule is COc1ccc(C(CNC(=O)c2cc3c(C)cc(C)cc3[nH]2)N(C)C)cc1. The van der Waals surface area contributed by atoms with Gasteiger partial charge in [-0.3, -0.25) is 4.79 Å². The number of aromatic nitrogens is 1. The smallest absolute Gasteiger partial charge is 0.267 e. The zero-order valence-corrected chi connectivity index (χ0v) is 16.6. The quantitative estimate of drug-likeness (QED) is 0.698. The number of H-pyrrole nitrogens is 1. The zero-order valence-electron chi connectivity index (χ0n) is 16.6. The van der Waals surface area contributed by atoms with Crippen molar-refractivity contribution >= 4 is 16.8 Å². The van der Waals surface area contributed by atoms with Gasteiger partial charge >= 0.3 is 0 Å². The van der Waals surface area contributed by atoms with Crippen molar-refractivity contribution in [1.82, 2.24) is 15.2 Å². The minimum absolute atomic E-state index is 0.0771. The Labute approximate surface area is 160 Å². The van der Waals surface area contributed by atoms with E-state index in [2.05, 4.69) is 41.2 Å². The van der Waals surface area contributed by atoms with Crippen LogP contribution in [0.25, 0.3) is 10.9 Å². The number of aromatic amines is 1. The topological polar surface area (TPSA) is 57.4 Å². The molecule has 1 aromatic heterocycles. The van der Waals surface area contributed by atoms with E-state index in [4.69, 9.17) is 4.74 Å². The third-order valence-corrected chi connectivity index (χ3v) is 4.91. The number of fused-ring (bicyclic) bond motifs is 1. The Morgan fingerprint density at radius 3 is 2.48 bits per heavy atom. The Balaban J connectivity index is 1.75. The number of nitrogens with zero attached hydrogens (tertiary/aromatic N) is 1. The number of benzene rings is 2. The van der Waals surface area contributed by atoms with Gasteiger partial charge in [0.2, 0.25) is 0 Å². The highest BCUT2D eigenvalue weighted by atomic mass is 16.5. The average molecular weight is 365 g/mol. The van der Waals surface area contributed by atoms with Crippen LogP contribution < -0.4 is 10.1 Å². The number of ether oxygens (including phenoxy) is 1. The standard InChI is InChI=1S/C22H27N3O2/c1-14-10-15(2)18-12-20(24-19(18)11-14)22(26)23-13-21(25(3)4)16-6-8-17(27-5)9-7-16/h6-12,21,24H,13H2,1-5H3,(H,23,26). The minimum Gasteiger partial charge on any atom is -0.497 e. The normalized spacial score (nSPS) is 12.4. The molecular weight excluding hydrogens is 338 g/mol. The maximum atomic E-state index is 12.7. The first-order valence-electron chi connectivity index (χ1n) is 9.07. The second-order valence-corrected chi connectivity index (χ2v) is 7.19. The van der Waals surface area contributed by atoms with Crippen LogP contribution in [0.3, 0.4) is 0 Å². The Morgan fingerprint density at radius 1 is 1.15 bits per heavy atom. The Bertz CT molecular complexity index is 942. The number of nitrogens with one attached hydrogen (secondary N) is 2. The lowest BCUT2D eigenvalue weighted by molar-refractivity contribution is 0.0937. The third-order valence-electron chi connectivity index (χ3n) is 4.91. The molecule has 3 aromatic rings. The first-order valence-corrected chi connectivity index (χ1v) is 9.07. The lowest BCUT2D eigenvalue weighted by Gasteiger charge is -2.25. The van der Waals surface area contributed by atoms with Gasteiger partial charge in [0.25, 0.3) is 5.91 Å². The summed E-state index contributed by atoms with van der Waals surface area (Å²) in [5, 5.41) is 4.15. The molecule has 27 heavy (non-hydrogen) atoms. The van der Waals surface area contributed by atoms with E-state index in [1.54, 1.807) is 7.11 Å². The van der Waals surface area contributed by atoms with Crippen molar-refractivity contribution in [2.45, 2.75) is 19.9 Å². The van der Waals surface area contributed by atoms with Gasteiger partial charge in [-0.2, -0.15) is 0 Å². The van der Waals surface area contributed by atoms with Crippen molar-refractivity contribution in [1.29, 1.82) is 0 Å². The molecule has 1 atom stereocenters. The molecule has 0 spiro atoms. The molecule has 1 unspecified atom stereocenters. The molecule has 1 heterocycles. The lowest BCUT2D eigenvalue weighted by Crippen LogP contribution is -2.34. The summed E-state index contributed by atoms with van der Waals surface area (Å²) < 4.78 is 5.22. The maximum Gasteiger partial charge on any atom is 0.267 e. The van der Waals surface area contributed by atoms with Crippen molar-refractivity contribution in [3.8, 4) is 5.75 Å². The monoisotopic (exact) mass is 365 g/mol. The van der Waals surface area contributed by atoms with E-state index in [0.717, 1.165) is 22.2 Å². The molecule has 5 heteroatoms. The summed E-state index contributed by atoms with van der Waals surface area (Å²) in [5.41, 5.74) is 5.07. The van der Waals surface area contributed by atoms with Crippen LogP contribution in [0.4, 0.5) is 0 Å². The lowest BCUT2D eigenvalue weighted by atomic mass is 10.1. The molecule has 5 nitrogen and oxygen atoms in total. The van der Waals surface area contributed by atoms with E-state index in [1.807, 2.05) is 44.4 Å². The molecule has 0 saturated carbocycles. The number of carbonyl (C=O) groups is 1. The van der Waals surface area contributed by atoms with E-state index >= 15 is 0 Å². The molecule has 142 valence electrons. The summed E-state index contributed by atoms with van der Waals surface area (Å²) in [6, 6.07) is 14.1. The molecule has 2 N–H and O–H groups in total. The average Bonchev–Trinajstić information content (AvgIpc) is 3.06. The summed E-state index contributed by atoms with van der Waals surface area (Å²) in [4.78, 5) is 18.0. The summed E-state index contributed by atoms with van der Waals surface area (Å²) in [5.74, 6) is 0.729. The van der Waals surface area contributed by atoms with Crippen LogP contribution in [0.2, 0.25) is 0 Å². The van der Waals surface area contributed by atoms with Crippen LogP contribution in [0.15, 0.2) is 42.5 Å². The minimum atomic E-state index is -0.0939. The first-order chi connectivity index (χ1) is 12.9. The van der Waals surface area contributed by atoms with E-state index in [0.29, 0.717) is 12.2 Å². The number of aryl methyl sites for hydroxylation is 2. The molecule has 1 amide bonds. The number of methoxy groups -OCH3 is 1. The number of amides is 1. The van der Waals surface area contributed by atoms with Gasteiger partial charge in [-0.15, -0.1) is 0 Å². The van der Waals surface area contributed by atoms with Gasteiger partial charge in [0.05, 0.1) is 13.2 Å². The summed E-state index contributed by atoms with van der Waals surface area (Å²) in [7, 11) is 5.68. The van der Waals surface area contributed by atoms with Crippen LogP contribution in [0.1, 0.15) is 33.2 Å². The molecule has 2 aromatic carbocycles. The molecule has 3 rings (SSSR count). The van der Waals surface area contributed by atoms with Crippen molar-refractivity contribution in [3.05, 3.63) is 64.8 Å². The van der Waals surface area contributed by atoms with E-state index in [1.165, 1.54) is 11.1 Å². The predicted octanol–water partition coefficient (Wildman–Crippen LogP) is 3.83. The predicted molar refractivity (Wildman–Crippen MR) is 110 cm³/mol. The number of hydrogen-bond donors (Lipinski definition) is 2. The number of hydrogen-bond acceptors (Lipinski definition) is 3. The van der Waals surface area contributed by atoms with E-state index in [9.17, 15) is 4.79 Å². The van der Waals surface area contributed by atoms with Gasteiger partial charge in [0.1, 0.15) is 11.4 Å². The molecular formula is C22H27N3O2. The summed E-state index contributed by atoms with van der Waals surface area (Å²) >= 11 is 0. The van der Waals surface area contributed by atoms with E-state index < -0.39 is 0 Å². The fraction of sp³-hybridized carbons (Fsp3) is 0.318. The Hall–Kier alpha value is -2.79. The van der Waals surface area contributed by atoms with E-state index in [-0.39, 0.29) is 11.9 Å².